The highest BCUT2D eigenvalue weighted by Gasteiger charge is 2.41. The molecule has 0 unspecified atom stereocenters. The molecule has 3 aromatic carbocycles. The first-order chi connectivity index (χ1) is 14.1. The summed E-state index contributed by atoms with van der Waals surface area (Å²) in [5.41, 5.74) is 11.2. The summed E-state index contributed by atoms with van der Waals surface area (Å²) in [4.78, 5) is 0. The zero-order chi connectivity index (χ0) is 21.5. The zero-order valence-electron chi connectivity index (χ0n) is 19.6. The molecular formula is C29H32N+. The number of nitrogens with zero attached hydrogens (tertiary/aromatic N) is 1. The molecule has 0 amide bonds. The predicted molar refractivity (Wildman–Crippen MR) is 128 cm³/mol. The predicted octanol–water partition coefficient (Wildman–Crippen LogP) is 7.17. The lowest BCUT2D eigenvalue weighted by atomic mass is 9.67. The fourth-order valence-electron chi connectivity index (χ4n) is 5.63. The van der Waals surface area contributed by atoms with Crippen molar-refractivity contribution in [3.05, 3.63) is 76.0 Å². The van der Waals surface area contributed by atoms with Gasteiger partial charge in [0.2, 0.25) is 5.69 Å². The average Bonchev–Trinajstić information content (AvgIpc) is 2.67. The number of aromatic nitrogens is 1. The van der Waals surface area contributed by atoms with Crippen molar-refractivity contribution in [3.8, 4) is 11.3 Å². The van der Waals surface area contributed by atoms with Gasteiger partial charge in [-0.05, 0) is 71.2 Å². The van der Waals surface area contributed by atoms with Crippen LogP contribution in [0.4, 0.5) is 0 Å². The van der Waals surface area contributed by atoms with Crippen molar-refractivity contribution in [2.45, 2.75) is 59.8 Å². The molecule has 0 radical (unpaired) electrons. The van der Waals surface area contributed by atoms with Crippen molar-refractivity contribution in [2.75, 3.05) is 0 Å². The number of rotatable bonds is 1. The molecule has 1 heteroatoms. The van der Waals surface area contributed by atoms with Crippen LogP contribution in [0.5, 0.6) is 0 Å². The van der Waals surface area contributed by atoms with Crippen molar-refractivity contribution in [1.82, 2.24) is 0 Å². The van der Waals surface area contributed by atoms with Crippen LogP contribution in [-0.4, -0.2) is 0 Å². The summed E-state index contributed by atoms with van der Waals surface area (Å²) in [7, 11) is 2.22. The molecule has 0 N–H and O–H groups in total. The molecule has 5 rings (SSSR count). The van der Waals surface area contributed by atoms with E-state index in [1.165, 1.54) is 66.2 Å². The number of hydrogen-bond acceptors (Lipinski definition) is 0. The topological polar surface area (TPSA) is 3.88 Å². The van der Waals surface area contributed by atoms with Gasteiger partial charge < -0.3 is 0 Å². The maximum absolute atomic E-state index is 2.45. The van der Waals surface area contributed by atoms with Crippen molar-refractivity contribution in [1.29, 1.82) is 0 Å². The minimum absolute atomic E-state index is 0.0683. The van der Waals surface area contributed by atoms with Gasteiger partial charge in [-0.2, -0.15) is 0 Å². The lowest BCUT2D eigenvalue weighted by molar-refractivity contribution is -0.659. The van der Waals surface area contributed by atoms with Gasteiger partial charge in [-0.1, -0.05) is 63.6 Å². The highest BCUT2D eigenvalue weighted by atomic mass is 14.9. The summed E-state index contributed by atoms with van der Waals surface area (Å²) in [5, 5.41) is 5.54. The van der Waals surface area contributed by atoms with E-state index in [2.05, 4.69) is 103 Å². The number of hydrogen-bond donors (Lipinski definition) is 0. The summed E-state index contributed by atoms with van der Waals surface area (Å²) < 4.78 is 2.37. The molecule has 0 spiro atoms. The lowest BCUT2D eigenvalue weighted by Crippen LogP contribution is -2.38. The van der Waals surface area contributed by atoms with E-state index in [-0.39, 0.29) is 5.41 Å². The summed E-state index contributed by atoms with van der Waals surface area (Å²) in [6.45, 7) is 16.2. The Bertz CT molecular complexity index is 1370. The quantitative estimate of drug-likeness (QED) is 0.301. The minimum atomic E-state index is -0.0683. The SMILES string of the molecule is Cc1cc2c3c(c(C)c(C)cc3c1)-c1c(c3cc(C(C)C)ccc3c[n+]1C)C2(C)C. The first-order valence-corrected chi connectivity index (χ1v) is 11.1. The fraction of sp³-hybridized carbons (Fsp3) is 0.345. The van der Waals surface area contributed by atoms with E-state index in [0.29, 0.717) is 5.92 Å². The van der Waals surface area contributed by atoms with E-state index in [0.717, 1.165) is 0 Å². The first kappa shape index (κ1) is 19.3. The first-order valence-electron chi connectivity index (χ1n) is 11.1. The Labute approximate surface area is 180 Å². The molecule has 0 saturated heterocycles. The molecule has 0 saturated carbocycles. The maximum Gasteiger partial charge on any atom is 0.217 e. The van der Waals surface area contributed by atoms with E-state index in [1.807, 2.05) is 0 Å². The highest BCUT2D eigenvalue weighted by molar-refractivity contribution is 6.06. The van der Waals surface area contributed by atoms with Crippen LogP contribution in [-0.2, 0) is 12.5 Å². The van der Waals surface area contributed by atoms with E-state index >= 15 is 0 Å². The monoisotopic (exact) mass is 394 g/mol. The van der Waals surface area contributed by atoms with Gasteiger partial charge in [0.25, 0.3) is 0 Å². The van der Waals surface area contributed by atoms with E-state index < -0.39 is 0 Å². The van der Waals surface area contributed by atoms with Gasteiger partial charge in [0.1, 0.15) is 7.05 Å². The molecule has 0 fully saturated rings. The second-order valence-corrected chi connectivity index (χ2v) is 10.2. The van der Waals surface area contributed by atoms with Gasteiger partial charge >= 0.3 is 0 Å². The molecule has 152 valence electrons. The van der Waals surface area contributed by atoms with Crippen LogP contribution in [0.2, 0.25) is 0 Å². The van der Waals surface area contributed by atoms with Crippen molar-refractivity contribution < 1.29 is 4.57 Å². The van der Waals surface area contributed by atoms with E-state index in [9.17, 15) is 0 Å². The third-order valence-electron chi connectivity index (χ3n) is 7.37. The number of benzene rings is 3. The van der Waals surface area contributed by atoms with Crippen molar-refractivity contribution in [3.63, 3.8) is 0 Å². The molecule has 4 aromatic rings. The molecule has 0 atom stereocenters. The molecule has 0 aliphatic heterocycles. The Morgan fingerprint density at radius 3 is 2.33 bits per heavy atom. The van der Waals surface area contributed by atoms with Gasteiger partial charge in [0, 0.05) is 16.4 Å². The van der Waals surface area contributed by atoms with Crippen LogP contribution < -0.4 is 4.57 Å². The minimum Gasteiger partial charge on any atom is -0.200 e. The van der Waals surface area contributed by atoms with Crippen LogP contribution in [0.3, 0.4) is 0 Å². The lowest BCUT2D eigenvalue weighted by Gasteiger charge is -2.35. The Kier molecular flexibility index (Phi) is 3.97. The molecule has 0 bridgehead atoms. The maximum atomic E-state index is 2.45. The molecule has 30 heavy (non-hydrogen) atoms. The van der Waals surface area contributed by atoms with E-state index in [1.54, 1.807) is 0 Å². The van der Waals surface area contributed by atoms with Gasteiger partial charge in [-0.3, -0.25) is 0 Å². The summed E-state index contributed by atoms with van der Waals surface area (Å²) in [6, 6.07) is 14.2. The third kappa shape index (κ3) is 2.44. The molecule has 1 aliphatic carbocycles. The van der Waals surface area contributed by atoms with Crippen LogP contribution in [0.25, 0.3) is 32.8 Å². The van der Waals surface area contributed by atoms with Gasteiger partial charge in [0.15, 0.2) is 6.20 Å². The second kappa shape index (κ2) is 6.17. The summed E-state index contributed by atoms with van der Waals surface area (Å²) >= 11 is 0. The smallest absolute Gasteiger partial charge is 0.200 e. The third-order valence-corrected chi connectivity index (χ3v) is 7.37. The molecule has 1 aromatic heterocycles. The average molecular weight is 395 g/mol. The molecule has 1 heterocycles. The Balaban J connectivity index is 2.07. The standard InChI is InChI=1S/C29H32N/c1-16(2)20-9-10-21-15-30(8)28-25-19(5)18(4)13-22-11-17(3)12-24(26(22)25)29(6,7)27(28)23(21)14-20/h9-16H,1-8H3/q+1. The summed E-state index contributed by atoms with van der Waals surface area (Å²) in [6.07, 6.45) is 2.32. The second-order valence-electron chi connectivity index (χ2n) is 10.2. The van der Waals surface area contributed by atoms with Crippen LogP contribution in [0, 0.1) is 20.8 Å². The van der Waals surface area contributed by atoms with Crippen LogP contribution >= 0.6 is 0 Å². The number of aryl methyl sites for hydroxylation is 3. The largest absolute Gasteiger partial charge is 0.217 e. The van der Waals surface area contributed by atoms with Crippen LogP contribution in [0.1, 0.15) is 67.0 Å². The molecule has 1 nitrogen and oxygen atoms in total. The van der Waals surface area contributed by atoms with Crippen molar-refractivity contribution >= 4 is 21.5 Å². The Hall–Kier alpha value is -2.67. The van der Waals surface area contributed by atoms with Crippen molar-refractivity contribution in [2.24, 2.45) is 7.05 Å². The summed E-state index contributed by atoms with van der Waals surface area (Å²) in [5.74, 6) is 0.521. The van der Waals surface area contributed by atoms with Gasteiger partial charge in [-0.15, -0.1) is 0 Å². The van der Waals surface area contributed by atoms with Gasteiger partial charge in [-0.25, -0.2) is 4.57 Å². The zero-order valence-corrected chi connectivity index (χ0v) is 19.6. The molecular weight excluding hydrogens is 362 g/mol. The Morgan fingerprint density at radius 1 is 0.900 bits per heavy atom. The fourth-order valence-corrected chi connectivity index (χ4v) is 5.63. The highest BCUT2D eigenvalue weighted by Crippen LogP contribution is 2.51. The number of pyridine rings is 1. The van der Waals surface area contributed by atoms with Gasteiger partial charge in [0.05, 0.1) is 5.56 Å². The Morgan fingerprint density at radius 2 is 1.63 bits per heavy atom. The molecule has 1 aliphatic rings. The van der Waals surface area contributed by atoms with E-state index in [4.69, 9.17) is 0 Å². The van der Waals surface area contributed by atoms with Crippen LogP contribution in [0.15, 0.2) is 42.6 Å². The normalized spacial score (nSPS) is 14.6. The number of fused-ring (bicyclic) bond motifs is 4.